The van der Waals surface area contributed by atoms with E-state index in [4.69, 9.17) is 0 Å². The number of fused-ring (bicyclic) bond motifs is 2. The average Bonchev–Trinajstić information content (AvgIpc) is 3.14. The molecule has 0 radical (unpaired) electrons. The number of nitrogens with zero attached hydrogens (tertiary/aromatic N) is 2. The van der Waals surface area contributed by atoms with Crippen LogP contribution in [0.15, 0.2) is 41.3 Å². The zero-order valence-corrected chi connectivity index (χ0v) is 13.2. The van der Waals surface area contributed by atoms with E-state index in [0.29, 0.717) is 16.7 Å². The lowest BCUT2D eigenvalue weighted by atomic mass is 10.1. The number of sulfonamides is 1. The predicted molar refractivity (Wildman–Crippen MR) is 86.7 cm³/mol. The highest BCUT2D eigenvalue weighted by molar-refractivity contribution is 7.93. The molecule has 1 aliphatic carbocycles. The summed E-state index contributed by atoms with van der Waals surface area (Å²) < 4.78 is 36.1. The third-order valence-corrected chi connectivity index (χ3v) is 5.84. The maximum atomic E-state index is 12.6. The highest BCUT2D eigenvalue weighted by Crippen LogP contribution is 2.27. The van der Waals surface area contributed by atoms with Crippen LogP contribution in [0.2, 0.25) is 0 Å². The minimum absolute atomic E-state index is 0.166. The fraction of sp³-hybridized carbons (Fsp3) is 0.200. The molecule has 1 aliphatic rings. The fourth-order valence-electron chi connectivity index (χ4n) is 2.84. The second-order valence-corrected chi connectivity index (χ2v) is 7.51. The quantitative estimate of drug-likeness (QED) is 0.801. The van der Waals surface area contributed by atoms with Gasteiger partial charge in [-0.1, -0.05) is 12.1 Å². The van der Waals surface area contributed by atoms with E-state index in [9.17, 15) is 8.42 Å². The smallest absolute Gasteiger partial charge is 0.264 e. The number of benzene rings is 2. The van der Waals surface area contributed by atoms with Crippen molar-refractivity contribution in [3.63, 3.8) is 0 Å². The first-order chi connectivity index (χ1) is 10.6. The van der Waals surface area contributed by atoms with E-state index in [2.05, 4.69) is 13.5 Å². The molecule has 4 rings (SSSR count). The lowest BCUT2D eigenvalue weighted by Crippen LogP contribution is -2.13. The van der Waals surface area contributed by atoms with Gasteiger partial charge in [0.05, 0.1) is 11.7 Å². The van der Waals surface area contributed by atoms with E-state index >= 15 is 0 Å². The lowest BCUT2D eigenvalue weighted by Gasteiger charge is -2.10. The molecule has 2 aromatic carbocycles. The maximum Gasteiger partial charge on any atom is 0.264 e. The second-order valence-electron chi connectivity index (χ2n) is 5.33. The number of aromatic nitrogens is 2. The number of aryl methyl sites for hydroxylation is 2. The molecule has 0 bridgehead atoms. The van der Waals surface area contributed by atoms with Crippen molar-refractivity contribution in [3.8, 4) is 0 Å². The van der Waals surface area contributed by atoms with Crippen LogP contribution in [0.5, 0.6) is 0 Å². The number of hydrogen-bond acceptors (Lipinski definition) is 5. The van der Waals surface area contributed by atoms with Crippen LogP contribution in [0.25, 0.3) is 11.0 Å². The van der Waals surface area contributed by atoms with E-state index in [1.165, 1.54) is 11.1 Å². The van der Waals surface area contributed by atoms with Crippen molar-refractivity contribution in [2.24, 2.45) is 0 Å². The summed E-state index contributed by atoms with van der Waals surface area (Å²) in [5.74, 6) is 0. The molecule has 5 nitrogen and oxygen atoms in total. The molecule has 0 saturated carbocycles. The van der Waals surface area contributed by atoms with Gasteiger partial charge >= 0.3 is 0 Å². The Morgan fingerprint density at radius 2 is 1.91 bits per heavy atom. The van der Waals surface area contributed by atoms with Crippen molar-refractivity contribution in [1.29, 1.82) is 0 Å². The molecule has 1 heterocycles. The Morgan fingerprint density at radius 3 is 2.82 bits per heavy atom. The van der Waals surface area contributed by atoms with E-state index in [0.717, 1.165) is 31.0 Å². The molecule has 0 aliphatic heterocycles. The number of hydrogen-bond donors (Lipinski definition) is 1. The van der Waals surface area contributed by atoms with Crippen molar-refractivity contribution < 1.29 is 8.42 Å². The Balaban J connectivity index is 1.74. The van der Waals surface area contributed by atoms with Gasteiger partial charge in [-0.3, -0.25) is 4.72 Å². The molecule has 0 atom stereocenters. The Labute approximate surface area is 132 Å². The SMILES string of the molecule is O=S(=O)(Nc1ccc2c(c1)CCC2)c1cccc2nsnc12. The van der Waals surface area contributed by atoms with Gasteiger partial charge in [-0.25, -0.2) is 8.42 Å². The summed E-state index contributed by atoms with van der Waals surface area (Å²) in [6.07, 6.45) is 3.22. The topological polar surface area (TPSA) is 72.0 Å². The van der Waals surface area contributed by atoms with Crippen LogP contribution in [0.4, 0.5) is 5.69 Å². The zero-order chi connectivity index (χ0) is 15.2. The first-order valence-electron chi connectivity index (χ1n) is 6.99. The van der Waals surface area contributed by atoms with Gasteiger partial charge in [0.25, 0.3) is 10.0 Å². The molecule has 7 heteroatoms. The molecule has 0 unspecified atom stereocenters. The van der Waals surface area contributed by atoms with Gasteiger partial charge < -0.3 is 0 Å². The van der Waals surface area contributed by atoms with Crippen LogP contribution in [-0.2, 0) is 22.9 Å². The predicted octanol–water partition coefficient (Wildman–Crippen LogP) is 2.98. The molecule has 0 saturated heterocycles. The van der Waals surface area contributed by atoms with Crippen molar-refractivity contribution in [2.75, 3.05) is 4.72 Å². The minimum atomic E-state index is -3.67. The van der Waals surface area contributed by atoms with E-state index < -0.39 is 10.0 Å². The van der Waals surface area contributed by atoms with E-state index in [1.807, 2.05) is 18.2 Å². The summed E-state index contributed by atoms with van der Waals surface area (Å²) in [7, 11) is -3.67. The molecule has 1 N–H and O–H groups in total. The Hall–Kier alpha value is -1.99. The number of rotatable bonds is 3. The number of nitrogens with one attached hydrogen (secondary N) is 1. The summed E-state index contributed by atoms with van der Waals surface area (Å²) in [4.78, 5) is 0.166. The van der Waals surface area contributed by atoms with Crippen LogP contribution in [0, 0.1) is 0 Å². The first kappa shape index (κ1) is 13.7. The Kier molecular flexibility index (Phi) is 3.12. The zero-order valence-electron chi connectivity index (χ0n) is 11.6. The van der Waals surface area contributed by atoms with Crippen molar-refractivity contribution in [2.45, 2.75) is 24.2 Å². The van der Waals surface area contributed by atoms with Crippen LogP contribution in [-0.4, -0.2) is 17.2 Å². The van der Waals surface area contributed by atoms with Gasteiger partial charge in [0.1, 0.15) is 15.9 Å². The summed E-state index contributed by atoms with van der Waals surface area (Å²) in [6.45, 7) is 0. The molecule has 0 fully saturated rings. The lowest BCUT2D eigenvalue weighted by molar-refractivity contribution is 0.602. The maximum absolute atomic E-state index is 12.6. The largest absolute Gasteiger partial charge is 0.280 e. The fourth-order valence-corrected chi connectivity index (χ4v) is 4.66. The molecular formula is C15H13N3O2S2. The molecule has 22 heavy (non-hydrogen) atoms. The summed E-state index contributed by atoms with van der Waals surface area (Å²) in [5.41, 5.74) is 4.16. The van der Waals surface area contributed by atoms with Crippen molar-refractivity contribution >= 4 is 38.5 Å². The van der Waals surface area contributed by atoms with E-state index in [-0.39, 0.29) is 4.90 Å². The molecular weight excluding hydrogens is 318 g/mol. The van der Waals surface area contributed by atoms with Gasteiger partial charge in [-0.05, 0) is 54.7 Å². The third kappa shape index (κ3) is 2.26. The van der Waals surface area contributed by atoms with Crippen molar-refractivity contribution in [1.82, 2.24) is 8.75 Å². The highest BCUT2D eigenvalue weighted by Gasteiger charge is 2.20. The van der Waals surface area contributed by atoms with Crippen LogP contribution in [0.1, 0.15) is 17.5 Å². The first-order valence-corrected chi connectivity index (χ1v) is 9.21. The van der Waals surface area contributed by atoms with Gasteiger partial charge in [0, 0.05) is 5.69 Å². The van der Waals surface area contributed by atoms with E-state index in [1.54, 1.807) is 18.2 Å². The van der Waals surface area contributed by atoms with Gasteiger partial charge in [-0.15, -0.1) is 0 Å². The normalized spacial score (nSPS) is 14.2. The minimum Gasteiger partial charge on any atom is -0.280 e. The average molecular weight is 331 g/mol. The monoisotopic (exact) mass is 331 g/mol. The van der Waals surface area contributed by atoms with Crippen LogP contribution >= 0.6 is 11.7 Å². The second kappa shape index (κ2) is 5.03. The summed E-state index contributed by atoms with van der Waals surface area (Å²) in [6, 6.07) is 10.7. The van der Waals surface area contributed by atoms with Crippen LogP contribution < -0.4 is 4.72 Å². The number of anilines is 1. The molecule has 112 valence electrons. The summed E-state index contributed by atoms with van der Waals surface area (Å²) in [5, 5.41) is 0. The van der Waals surface area contributed by atoms with Gasteiger partial charge in [0.15, 0.2) is 0 Å². The summed E-state index contributed by atoms with van der Waals surface area (Å²) >= 11 is 1.01. The van der Waals surface area contributed by atoms with Gasteiger partial charge in [-0.2, -0.15) is 8.75 Å². The standard InChI is InChI=1S/C15H13N3O2S2/c19-22(20,14-6-2-5-13-15(14)17-21-16-13)18-12-8-7-10-3-1-4-11(10)9-12/h2,5-9,18H,1,3-4H2. The highest BCUT2D eigenvalue weighted by atomic mass is 32.2. The molecule has 0 spiro atoms. The third-order valence-electron chi connectivity index (χ3n) is 3.89. The van der Waals surface area contributed by atoms with Crippen LogP contribution in [0.3, 0.4) is 0 Å². The Morgan fingerprint density at radius 1 is 1.05 bits per heavy atom. The molecule has 1 aromatic heterocycles. The Bertz CT molecular complexity index is 964. The molecule has 3 aromatic rings. The van der Waals surface area contributed by atoms with Crippen molar-refractivity contribution in [3.05, 3.63) is 47.5 Å². The van der Waals surface area contributed by atoms with Gasteiger partial charge in [0.2, 0.25) is 0 Å². The molecule has 0 amide bonds.